The normalized spacial score (nSPS) is 15.7. The molecule has 32 heavy (non-hydrogen) atoms. The van der Waals surface area contributed by atoms with Gasteiger partial charge in [0.15, 0.2) is 5.96 Å². The van der Waals surface area contributed by atoms with Gasteiger partial charge in [0, 0.05) is 31.2 Å². The molecule has 0 spiro atoms. The molecule has 1 heterocycles. The van der Waals surface area contributed by atoms with E-state index in [2.05, 4.69) is 54.8 Å². The third-order valence-electron chi connectivity index (χ3n) is 5.31. The van der Waals surface area contributed by atoms with E-state index in [1.165, 1.54) is 11.1 Å². The van der Waals surface area contributed by atoms with Crippen molar-refractivity contribution in [3.05, 3.63) is 59.2 Å². The van der Waals surface area contributed by atoms with Crippen LogP contribution < -0.4 is 20.1 Å². The van der Waals surface area contributed by atoms with Gasteiger partial charge in [-0.05, 0) is 56.0 Å². The van der Waals surface area contributed by atoms with Crippen molar-refractivity contribution in [1.29, 1.82) is 0 Å². The fourth-order valence-electron chi connectivity index (χ4n) is 3.51. The molecule has 0 bridgehead atoms. The van der Waals surface area contributed by atoms with Crippen molar-refractivity contribution < 1.29 is 14.2 Å². The Labute approximate surface area is 209 Å². The van der Waals surface area contributed by atoms with Gasteiger partial charge >= 0.3 is 0 Å². The van der Waals surface area contributed by atoms with Crippen LogP contribution in [0.5, 0.6) is 11.5 Å². The monoisotopic (exact) mass is 553 g/mol. The Hall–Kier alpha value is -2.00. The Morgan fingerprint density at radius 3 is 2.81 bits per heavy atom. The zero-order valence-corrected chi connectivity index (χ0v) is 21.7. The maximum atomic E-state index is 6.15. The second-order valence-corrected chi connectivity index (χ2v) is 7.88. The van der Waals surface area contributed by atoms with Crippen LogP contribution in [-0.4, -0.2) is 46.0 Å². The molecular weight excluding hydrogens is 517 g/mol. The van der Waals surface area contributed by atoms with Crippen molar-refractivity contribution >= 4 is 29.9 Å². The quantitative estimate of drug-likeness (QED) is 0.261. The maximum absolute atomic E-state index is 6.15. The van der Waals surface area contributed by atoms with E-state index in [1.807, 2.05) is 12.1 Å². The van der Waals surface area contributed by atoms with Crippen molar-refractivity contribution in [2.24, 2.45) is 10.9 Å². The zero-order valence-electron chi connectivity index (χ0n) is 19.4. The Bertz CT molecular complexity index is 854. The number of benzene rings is 2. The lowest BCUT2D eigenvalue weighted by Crippen LogP contribution is -2.38. The zero-order chi connectivity index (χ0) is 21.9. The number of nitrogens with one attached hydrogen (secondary N) is 2. The largest absolute Gasteiger partial charge is 0.497 e. The average molecular weight is 553 g/mol. The summed E-state index contributed by atoms with van der Waals surface area (Å²) in [6.45, 7) is 8.64. The second-order valence-electron chi connectivity index (χ2n) is 7.88. The van der Waals surface area contributed by atoms with Crippen LogP contribution in [0, 0.1) is 12.8 Å². The molecule has 1 saturated heterocycles. The van der Waals surface area contributed by atoms with E-state index in [-0.39, 0.29) is 24.0 Å². The van der Waals surface area contributed by atoms with Crippen LogP contribution in [0.4, 0.5) is 0 Å². The molecule has 2 aromatic carbocycles. The molecule has 0 saturated carbocycles. The van der Waals surface area contributed by atoms with Gasteiger partial charge in [-0.25, -0.2) is 4.99 Å². The summed E-state index contributed by atoms with van der Waals surface area (Å²) < 4.78 is 16.9. The Morgan fingerprint density at radius 1 is 1.19 bits per heavy atom. The van der Waals surface area contributed by atoms with Crippen molar-refractivity contribution in [2.75, 3.05) is 40.0 Å². The van der Waals surface area contributed by atoms with Crippen molar-refractivity contribution in [2.45, 2.75) is 33.2 Å². The van der Waals surface area contributed by atoms with Gasteiger partial charge in [-0.2, -0.15) is 0 Å². The van der Waals surface area contributed by atoms with Gasteiger partial charge < -0.3 is 24.8 Å². The molecule has 1 unspecified atom stereocenters. The van der Waals surface area contributed by atoms with Crippen molar-refractivity contribution in [1.82, 2.24) is 10.6 Å². The first kappa shape index (κ1) is 26.3. The third kappa shape index (κ3) is 8.50. The van der Waals surface area contributed by atoms with Gasteiger partial charge in [-0.1, -0.05) is 24.3 Å². The van der Waals surface area contributed by atoms with Gasteiger partial charge in [0.2, 0.25) is 0 Å². The van der Waals surface area contributed by atoms with E-state index in [0.717, 1.165) is 62.2 Å². The number of hydrogen-bond donors (Lipinski definition) is 2. The lowest BCUT2D eigenvalue weighted by Gasteiger charge is -2.15. The van der Waals surface area contributed by atoms with E-state index in [1.54, 1.807) is 7.11 Å². The standard InChI is InChI=1S/C25H35N3O3.HI/c1-4-26-25(27-12-10-20-6-5-7-23(15-20)29-3)28-16-22-9-8-19(2)14-24(22)31-18-21-11-13-30-17-21;/h5-9,14-15,21H,4,10-13,16-18H2,1-3H3,(H2,26,27,28);1H. The van der Waals surface area contributed by atoms with Crippen LogP contribution in [-0.2, 0) is 17.7 Å². The summed E-state index contributed by atoms with van der Waals surface area (Å²) in [5, 5.41) is 6.75. The highest BCUT2D eigenvalue weighted by molar-refractivity contribution is 14.0. The SMILES string of the molecule is CCNC(=NCc1ccc(C)cc1OCC1CCOC1)NCCc1cccc(OC)c1.I. The molecular formula is C25H36IN3O3. The number of halogens is 1. The van der Waals surface area contributed by atoms with Crippen molar-refractivity contribution in [3.63, 3.8) is 0 Å². The highest BCUT2D eigenvalue weighted by atomic mass is 127. The number of methoxy groups -OCH3 is 1. The number of nitrogens with zero attached hydrogens (tertiary/aromatic N) is 1. The molecule has 1 atom stereocenters. The van der Waals surface area contributed by atoms with Gasteiger partial charge in [0.1, 0.15) is 11.5 Å². The summed E-state index contributed by atoms with van der Waals surface area (Å²) >= 11 is 0. The Balaban J connectivity index is 0.00000363. The lowest BCUT2D eigenvalue weighted by atomic mass is 10.1. The number of ether oxygens (including phenoxy) is 3. The number of hydrogen-bond acceptors (Lipinski definition) is 4. The van der Waals surface area contributed by atoms with Crippen LogP contribution in [0.2, 0.25) is 0 Å². The van der Waals surface area contributed by atoms with Crippen LogP contribution in [0.1, 0.15) is 30.0 Å². The van der Waals surface area contributed by atoms with E-state index in [0.29, 0.717) is 19.1 Å². The first-order valence-electron chi connectivity index (χ1n) is 11.1. The summed E-state index contributed by atoms with van der Waals surface area (Å²) in [5.41, 5.74) is 3.51. The number of rotatable bonds is 10. The number of aryl methyl sites for hydroxylation is 1. The molecule has 176 valence electrons. The lowest BCUT2D eigenvalue weighted by molar-refractivity contribution is 0.166. The summed E-state index contributed by atoms with van der Waals surface area (Å²) in [4.78, 5) is 4.78. The second kappa shape index (κ2) is 14.2. The number of aliphatic imine (C=N–C) groups is 1. The van der Waals surface area contributed by atoms with E-state index < -0.39 is 0 Å². The minimum Gasteiger partial charge on any atom is -0.497 e. The summed E-state index contributed by atoms with van der Waals surface area (Å²) in [5.74, 6) is 3.09. The molecule has 7 heteroatoms. The molecule has 2 N–H and O–H groups in total. The van der Waals surface area contributed by atoms with E-state index >= 15 is 0 Å². The molecule has 1 fully saturated rings. The molecule has 2 aromatic rings. The molecule has 6 nitrogen and oxygen atoms in total. The van der Waals surface area contributed by atoms with Gasteiger partial charge in [-0.3, -0.25) is 0 Å². The van der Waals surface area contributed by atoms with Gasteiger partial charge in [-0.15, -0.1) is 24.0 Å². The van der Waals surface area contributed by atoms with Crippen LogP contribution in [0.3, 0.4) is 0 Å². The molecule has 0 aliphatic carbocycles. The van der Waals surface area contributed by atoms with Gasteiger partial charge in [0.05, 0.1) is 26.9 Å². The molecule has 3 rings (SSSR count). The van der Waals surface area contributed by atoms with Crippen LogP contribution >= 0.6 is 24.0 Å². The van der Waals surface area contributed by atoms with Crippen LogP contribution in [0.25, 0.3) is 0 Å². The smallest absolute Gasteiger partial charge is 0.191 e. The topological polar surface area (TPSA) is 64.1 Å². The summed E-state index contributed by atoms with van der Waals surface area (Å²) in [6, 6.07) is 14.5. The molecule has 0 radical (unpaired) electrons. The van der Waals surface area contributed by atoms with Crippen molar-refractivity contribution in [3.8, 4) is 11.5 Å². The summed E-state index contributed by atoms with van der Waals surface area (Å²) in [7, 11) is 1.69. The molecule has 0 aromatic heterocycles. The maximum Gasteiger partial charge on any atom is 0.191 e. The minimum atomic E-state index is 0. The highest BCUT2D eigenvalue weighted by Gasteiger charge is 2.17. The first-order valence-corrected chi connectivity index (χ1v) is 11.1. The predicted octanol–water partition coefficient (Wildman–Crippen LogP) is 4.33. The van der Waals surface area contributed by atoms with E-state index in [4.69, 9.17) is 19.2 Å². The van der Waals surface area contributed by atoms with Crippen LogP contribution in [0.15, 0.2) is 47.5 Å². The van der Waals surface area contributed by atoms with Gasteiger partial charge in [0.25, 0.3) is 0 Å². The average Bonchev–Trinajstić information content (AvgIpc) is 3.31. The first-order chi connectivity index (χ1) is 15.2. The predicted molar refractivity (Wildman–Crippen MR) is 141 cm³/mol. The molecule has 1 aliphatic heterocycles. The minimum absolute atomic E-state index is 0. The highest BCUT2D eigenvalue weighted by Crippen LogP contribution is 2.23. The fraction of sp³-hybridized carbons (Fsp3) is 0.480. The Morgan fingerprint density at radius 2 is 2.06 bits per heavy atom. The molecule has 1 aliphatic rings. The Kier molecular flexibility index (Phi) is 11.7. The third-order valence-corrected chi connectivity index (χ3v) is 5.31. The summed E-state index contributed by atoms with van der Waals surface area (Å²) in [6.07, 6.45) is 1.96. The number of guanidine groups is 1. The van der Waals surface area contributed by atoms with E-state index in [9.17, 15) is 0 Å². The molecule has 0 amide bonds. The fourth-order valence-corrected chi connectivity index (χ4v) is 3.51.